The summed E-state index contributed by atoms with van der Waals surface area (Å²) in [6, 6.07) is 4.22. The SMILES string of the molecule is C=CCN1C(=O)c2ccc(C(=O)O[C@H]3CCCC3=O)cc2C1=O. The highest BCUT2D eigenvalue weighted by Crippen LogP contribution is 2.25. The Morgan fingerprint density at radius 2 is 2.00 bits per heavy atom. The van der Waals surface area contributed by atoms with Gasteiger partial charge in [-0.05, 0) is 31.0 Å². The number of carbonyl (C=O) groups excluding carboxylic acids is 4. The van der Waals surface area contributed by atoms with Gasteiger partial charge in [-0.25, -0.2) is 4.79 Å². The van der Waals surface area contributed by atoms with Crippen molar-refractivity contribution in [3.05, 3.63) is 47.5 Å². The lowest BCUT2D eigenvalue weighted by Gasteiger charge is -2.10. The van der Waals surface area contributed by atoms with E-state index >= 15 is 0 Å². The first-order valence-electron chi connectivity index (χ1n) is 7.37. The van der Waals surface area contributed by atoms with Gasteiger partial charge in [-0.3, -0.25) is 19.3 Å². The molecule has 1 atom stereocenters. The Kier molecular flexibility index (Phi) is 3.82. The zero-order valence-electron chi connectivity index (χ0n) is 12.4. The molecule has 6 heteroatoms. The molecule has 1 aromatic rings. The van der Waals surface area contributed by atoms with Crippen LogP contribution in [0.1, 0.15) is 50.3 Å². The molecular weight excluding hydrogens is 298 g/mol. The molecule has 2 amide bonds. The number of ether oxygens (including phenoxy) is 1. The van der Waals surface area contributed by atoms with Crippen molar-refractivity contribution in [3.8, 4) is 0 Å². The highest BCUT2D eigenvalue weighted by atomic mass is 16.5. The number of ketones is 1. The van der Waals surface area contributed by atoms with E-state index in [1.807, 2.05) is 0 Å². The first-order valence-corrected chi connectivity index (χ1v) is 7.37. The predicted molar refractivity (Wildman–Crippen MR) is 80.1 cm³/mol. The summed E-state index contributed by atoms with van der Waals surface area (Å²) in [6.07, 6.45) is 2.42. The van der Waals surface area contributed by atoms with Gasteiger partial charge in [0.15, 0.2) is 11.9 Å². The first-order chi connectivity index (χ1) is 11.0. The van der Waals surface area contributed by atoms with Crippen LogP contribution in [0.2, 0.25) is 0 Å². The van der Waals surface area contributed by atoms with E-state index in [0.717, 1.165) is 4.90 Å². The van der Waals surface area contributed by atoms with Crippen molar-refractivity contribution in [3.63, 3.8) is 0 Å². The fourth-order valence-electron chi connectivity index (χ4n) is 2.82. The molecule has 23 heavy (non-hydrogen) atoms. The maximum atomic E-state index is 12.2. The lowest BCUT2D eigenvalue weighted by molar-refractivity contribution is -0.124. The molecule has 0 saturated heterocycles. The molecule has 0 bridgehead atoms. The number of hydrogen-bond donors (Lipinski definition) is 0. The maximum absolute atomic E-state index is 12.2. The number of benzene rings is 1. The largest absolute Gasteiger partial charge is 0.451 e. The van der Waals surface area contributed by atoms with Crippen LogP contribution in [0.15, 0.2) is 30.9 Å². The molecule has 6 nitrogen and oxygen atoms in total. The Labute approximate surface area is 132 Å². The number of esters is 1. The summed E-state index contributed by atoms with van der Waals surface area (Å²) < 4.78 is 5.19. The molecule has 1 aliphatic carbocycles. The van der Waals surface area contributed by atoms with E-state index < -0.39 is 23.9 Å². The van der Waals surface area contributed by atoms with E-state index in [1.165, 1.54) is 24.3 Å². The standard InChI is InChI=1S/C17H15NO5/c1-2-8-18-15(20)11-7-6-10(9-12(11)16(18)21)17(22)23-14-5-3-4-13(14)19/h2,6-7,9,14H,1,3-5,8H2/t14-/m0/s1. The third-order valence-corrected chi connectivity index (χ3v) is 4.02. The van der Waals surface area contributed by atoms with Gasteiger partial charge in [0, 0.05) is 13.0 Å². The van der Waals surface area contributed by atoms with Gasteiger partial charge in [0.2, 0.25) is 0 Å². The molecular formula is C17H15NO5. The van der Waals surface area contributed by atoms with Gasteiger partial charge >= 0.3 is 5.97 Å². The molecule has 0 radical (unpaired) electrons. The molecule has 1 aliphatic heterocycles. The Morgan fingerprint density at radius 1 is 1.26 bits per heavy atom. The quantitative estimate of drug-likeness (QED) is 0.480. The molecule has 0 aromatic heterocycles. The van der Waals surface area contributed by atoms with Crippen LogP contribution in [0.4, 0.5) is 0 Å². The molecule has 0 unspecified atom stereocenters. The van der Waals surface area contributed by atoms with Crippen molar-refractivity contribution in [2.45, 2.75) is 25.4 Å². The number of hydrogen-bond acceptors (Lipinski definition) is 5. The molecule has 2 aliphatic rings. The zero-order valence-corrected chi connectivity index (χ0v) is 12.4. The highest BCUT2D eigenvalue weighted by molar-refractivity contribution is 6.22. The van der Waals surface area contributed by atoms with Crippen LogP contribution in [-0.2, 0) is 9.53 Å². The molecule has 1 saturated carbocycles. The lowest BCUT2D eigenvalue weighted by Crippen LogP contribution is -2.29. The van der Waals surface area contributed by atoms with E-state index in [2.05, 4.69) is 6.58 Å². The molecule has 1 fully saturated rings. The smallest absolute Gasteiger partial charge is 0.338 e. The van der Waals surface area contributed by atoms with E-state index in [9.17, 15) is 19.2 Å². The van der Waals surface area contributed by atoms with Gasteiger partial charge in [0.25, 0.3) is 11.8 Å². The minimum atomic E-state index is -0.703. The Bertz CT molecular complexity index is 736. The Balaban J connectivity index is 1.83. The third-order valence-electron chi connectivity index (χ3n) is 4.02. The Morgan fingerprint density at radius 3 is 2.65 bits per heavy atom. The van der Waals surface area contributed by atoms with Crippen LogP contribution < -0.4 is 0 Å². The van der Waals surface area contributed by atoms with E-state index in [-0.39, 0.29) is 29.0 Å². The van der Waals surface area contributed by atoms with Gasteiger partial charge in [-0.2, -0.15) is 0 Å². The van der Waals surface area contributed by atoms with Crippen LogP contribution in [0.25, 0.3) is 0 Å². The van der Waals surface area contributed by atoms with Crippen molar-refractivity contribution in [1.82, 2.24) is 4.90 Å². The number of carbonyl (C=O) groups is 4. The molecule has 0 N–H and O–H groups in total. The van der Waals surface area contributed by atoms with E-state index in [4.69, 9.17) is 4.74 Å². The summed E-state index contributed by atoms with van der Waals surface area (Å²) in [5, 5.41) is 0. The minimum Gasteiger partial charge on any atom is -0.451 e. The average Bonchev–Trinajstić information content (AvgIpc) is 3.04. The van der Waals surface area contributed by atoms with E-state index in [0.29, 0.717) is 19.3 Å². The number of nitrogens with zero attached hydrogens (tertiary/aromatic N) is 1. The monoisotopic (exact) mass is 313 g/mol. The number of amides is 2. The minimum absolute atomic E-state index is 0.0806. The third kappa shape index (κ3) is 2.56. The van der Waals surface area contributed by atoms with Crippen molar-refractivity contribution in [2.24, 2.45) is 0 Å². The summed E-state index contributed by atoms with van der Waals surface area (Å²) >= 11 is 0. The molecule has 0 spiro atoms. The normalized spacial score (nSPS) is 19.9. The van der Waals surface area contributed by atoms with Gasteiger partial charge in [0.1, 0.15) is 0 Å². The lowest BCUT2D eigenvalue weighted by atomic mass is 10.1. The zero-order chi connectivity index (χ0) is 16.6. The van der Waals surface area contributed by atoms with Crippen LogP contribution in [0.5, 0.6) is 0 Å². The van der Waals surface area contributed by atoms with Crippen molar-refractivity contribution < 1.29 is 23.9 Å². The summed E-state index contributed by atoms with van der Waals surface area (Å²) in [4.78, 5) is 49.1. The number of imide groups is 1. The van der Waals surface area contributed by atoms with Gasteiger partial charge in [-0.1, -0.05) is 6.08 Å². The molecule has 1 aromatic carbocycles. The van der Waals surface area contributed by atoms with Crippen molar-refractivity contribution >= 4 is 23.6 Å². The highest BCUT2D eigenvalue weighted by Gasteiger charge is 2.36. The summed E-state index contributed by atoms with van der Waals surface area (Å²) in [5.74, 6) is -1.61. The number of rotatable bonds is 4. The number of fused-ring (bicyclic) bond motifs is 1. The number of Topliss-reactive ketones (excluding diaryl/α,β-unsaturated/α-hetero) is 1. The Hall–Kier alpha value is -2.76. The maximum Gasteiger partial charge on any atom is 0.338 e. The average molecular weight is 313 g/mol. The van der Waals surface area contributed by atoms with Crippen LogP contribution >= 0.6 is 0 Å². The van der Waals surface area contributed by atoms with Crippen LogP contribution in [0.3, 0.4) is 0 Å². The van der Waals surface area contributed by atoms with Gasteiger partial charge < -0.3 is 4.74 Å². The van der Waals surface area contributed by atoms with E-state index in [1.54, 1.807) is 0 Å². The van der Waals surface area contributed by atoms with Crippen molar-refractivity contribution in [1.29, 1.82) is 0 Å². The van der Waals surface area contributed by atoms with Gasteiger partial charge in [-0.15, -0.1) is 6.58 Å². The predicted octanol–water partition coefficient (Wildman–Crippen LogP) is 1.75. The summed E-state index contributed by atoms with van der Waals surface area (Å²) in [5.41, 5.74) is 0.583. The molecule has 1 heterocycles. The topological polar surface area (TPSA) is 80.8 Å². The fourth-order valence-corrected chi connectivity index (χ4v) is 2.82. The van der Waals surface area contributed by atoms with Gasteiger partial charge in [0.05, 0.1) is 16.7 Å². The summed E-state index contributed by atoms with van der Waals surface area (Å²) in [6.45, 7) is 3.63. The second kappa shape index (κ2) is 5.79. The second-order valence-electron chi connectivity index (χ2n) is 5.52. The van der Waals surface area contributed by atoms with Crippen LogP contribution in [-0.4, -0.2) is 41.1 Å². The molecule has 118 valence electrons. The molecule has 3 rings (SSSR count). The summed E-state index contributed by atoms with van der Waals surface area (Å²) in [7, 11) is 0. The second-order valence-corrected chi connectivity index (χ2v) is 5.52. The first kappa shape index (κ1) is 15.1. The van der Waals surface area contributed by atoms with Crippen LogP contribution in [0, 0.1) is 0 Å². The fraction of sp³-hybridized carbons (Fsp3) is 0.294. The van der Waals surface area contributed by atoms with Crippen molar-refractivity contribution in [2.75, 3.05) is 6.54 Å².